The Morgan fingerprint density at radius 3 is 2.33 bits per heavy atom. The van der Waals surface area contributed by atoms with Crippen LogP contribution in [0.5, 0.6) is 0 Å². The zero-order valence-corrected chi connectivity index (χ0v) is 14.4. The minimum atomic E-state index is -0.920. The van der Waals surface area contributed by atoms with Crippen LogP contribution >= 0.6 is 0 Å². The molecule has 5 nitrogen and oxygen atoms in total. The van der Waals surface area contributed by atoms with Gasteiger partial charge in [0.2, 0.25) is 0 Å². The van der Waals surface area contributed by atoms with Gasteiger partial charge in [-0.15, -0.1) is 0 Å². The third-order valence-corrected chi connectivity index (χ3v) is 4.44. The summed E-state index contributed by atoms with van der Waals surface area (Å²) in [6, 6.07) is 9.83. The lowest BCUT2D eigenvalue weighted by molar-refractivity contribution is 0.0698. The Morgan fingerprint density at radius 2 is 1.79 bits per heavy atom. The van der Waals surface area contributed by atoms with Crippen LogP contribution in [0.2, 0.25) is 0 Å². The van der Waals surface area contributed by atoms with Gasteiger partial charge in [-0.05, 0) is 43.5 Å². The summed E-state index contributed by atoms with van der Waals surface area (Å²) in [6.45, 7) is 3.66. The Bertz CT molecular complexity index is 748. The maximum atomic E-state index is 12.0. The van der Waals surface area contributed by atoms with Gasteiger partial charge in [-0.2, -0.15) is 0 Å². The van der Waals surface area contributed by atoms with Gasteiger partial charge in [-0.25, -0.2) is 9.78 Å². The summed E-state index contributed by atoms with van der Waals surface area (Å²) in [4.78, 5) is 20.6. The largest absolute Gasteiger partial charge is 0.478 e. The van der Waals surface area contributed by atoms with Crippen molar-refractivity contribution < 1.29 is 9.90 Å². The highest BCUT2D eigenvalue weighted by atomic mass is 16.4. The van der Waals surface area contributed by atoms with Crippen molar-refractivity contribution in [2.45, 2.75) is 19.8 Å². The minimum absolute atomic E-state index is 0.306. The molecule has 1 aromatic heterocycles. The molecule has 0 aliphatic carbocycles. The van der Waals surface area contributed by atoms with E-state index >= 15 is 0 Å². The van der Waals surface area contributed by atoms with Crippen molar-refractivity contribution in [2.75, 3.05) is 37.0 Å². The zero-order valence-electron chi connectivity index (χ0n) is 14.4. The Balaban J connectivity index is 2.13. The molecule has 1 aliphatic rings. The molecule has 0 unspecified atom stereocenters. The van der Waals surface area contributed by atoms with Crippen LogP contribution < -0.4 is 9.80 Å². The number of nitrogens with zero attached hydrogens (tertiary/aromatic N) is 3. The number of pyridine rings is 1. The fourth-order valence-corrected chi connectivity index (χ4v) is 3.19. The van der Waals surface area contributed by atoms with Gasteiger partial charge >= 0.3 is 5.97 Å². The monoisotopic (exact) mass is 325 g/mol. The van der Waals surface area contributed by atoms with E-state index in [4.69, 9.17) is 0 Å². The quantitative estimate of drug-likeness (QED) is 0.933. The highest BCUT2D eigenvalue weighted by molar-refractivity contribution is 6.01. The van der Waals surface area contributed by atoms with Gasteiger partial charge in [0.1, 0.15) is 11.4 Å². The first-order valence-corrected chi connectivity index (χ1v) is 8.25. The van der Waals surface area contributed by atoms with E-state index in [0.29, 0.717) is 11.4 Å². The number of carbonyl (C=O) groups is 1. The molecule has 3 rings (SSSR count). The zero-order chi connectivity index (χ0) is 17.3. The van der Waals surface area contributed by atoms with E-state index < -0.39 is 5.97 Å². The summed E-state index contributed by atoms with van der Waals surface area (Å²) in [5.74, 6) is -0.317. The predicted octanol–water partition coefficient (Wildman–Crippen LogP) is 3.42. The molecule has 5 heteroatoms. The lowest BCUT2D eigenvalue weighted by Crippen LogP contribution is -2.23. The molecule has 0 radical (unpaired) electrons. The maximum absolute atomic E-state index is 12.0. The molecule has 126 valence electrons. The number of aromatic nitrogens is 1. The first kappa shape index (κ1) is 16.3. The third-order valence-electron chi connectivity index (χ3n) is 4.44. The molecule has 0 spiro atoms. The van der Waals surface area contributed by atoms with Gasteiger partial charge in [-0.1, -0.05) is 12.1 Å². The third kappa shape index (κ3) is 3.07. The fourth-order valence-electron chi connectivity index (χ4n) is 3.19. The smallest absolute Gasteiger partial charge is 0.340 e. The van der Waals surface area contributed by atoms with Crippen LogP contribution in [0.3, 0.4) is 0 Å². The molecule has 0 bridgehead atoms. The number of rotatable bonds is 4. The summed E-state index contributed by atoms with van der Waals surface area (Å²) < 4.78 is 0. The van der Waals surface area contributed by atoms with Crippen molar-refractivity contribution in [2.24, 2.45) is 0 Å². The number of benzene rings is 1. The molecule has 0 saturated carbocycles. The van der Waals surface area contributed by atoms with Crippen LogP contribution in [-0.4, -0.2) is 43.2 Å². The van der Waals surface area contributed by atoms with Crippen molar-refractivity contribution in [1.29, 1.82) is 0 Å². The van der Waals surface area contributed by atoms with Crippen molar-refractivity contribution in [3.8, 4) is 11.1 Å². The number of hydrogen-bond acceptors (Lipinski definition) is 4. The minimum Gasteiger partial charge on any atom is -0.478 e. The lowest BCUT2D eigenvalue weighted by Gasteiger charge is -2.21. The first-order valence-electron chi connectivity index (χ1n) is 8.25. The fraction of sp³-hybridized carbons (Fsp3) is 0.368. The number of aryl methyl sites for hydroxylation is 1. The van der Waals surface area contributed by atoms with Crippen molar-refractivity contribution in [3.63, 3.8) is 0 Å². The van der Waals surface area contributed by atoms with Gasteiger partial charge in [-0.3, -0.25) is 0 Å². The summed E-state index contributed by atoms with van der Waals surface area (Å²) in [5, 5.41) is 9.83. The van der Waals surface area contributed by atoms with Crippen molar-refractivity contribution in [3.05, 3.63) is 41.6 Å². The number of hydrogen-bond donors (Lipinski definition) is 1. The van der Waals surface area contributed by atoms with E-state index in [9.17, 15) is 9.90 Å². The van der Waals surface area contributed by atoms with Crippen LogP contribution in [0, 0.1) is 6.92 Å². The summed E-state index contributed by atoms with van der Waals surface area (Å²) in [7, 11) is 3.97. The number of carboxylic acid groups (broad SMARTS) is 1. The molecule has 1 saturated heterocycles. The summed E-state index contributed by atoms with van der Waals surface area (Å²) in [6.07, 6.45) is 2.17. The van der Waals surface area contributed by atoms with Gasteiger partial charge in [0.05, 0.1) is 0 Å². The summed E-state index contributed by atoms with van der Waals surface area (Å²) >= 11 is 0. The molecule has 2 heterocycles. The molecule has 1 aromatic carbocycles. The number of anilines is 2. The second kappa shape index (κ2) is 6.51. The average Bonchev–Trinajstić information content (AvgIpc) is 3.08. The van der Waals surface area contributed by atoms with Crippen LogP contribution in [0.4, 0.5) is 11.5 Å². The molecule has 24 heavy (non-hydrogen) atoms. The normalized spacial score (nSPS) is 14.0. The molecule has 0 atom stereocenters. The predicted molar refractivity (Wildman–Crippen MR) is 97.1 cm³/mol. The molecular weight excluding hydrogens is 302 g/mol. The van der Waals surface area contributed by atoms with Crippen LogP contribution in [-0.2, 0) is 0 Å². The highest BCUT2D eigenvalue weighted by Gasteiger charge is 2.25. The van der Waals surface area contributed by atoms with E-state index in [1.807, 2.05) is 56.3 Å². The van der Waals surface area contributed by atoms with E-state index in [1.165, 1.54) is 0 Å². The Hall–Kier alpha value is -2.56. The highest BCUT2D eigenvalue weighted by Crippen LogP contribution is 2.33. The van der Waals surface area contributed by atoms with Crippen molar-refractivity contribution in [1.82, 2.24) is 4.98 Å². The van der Waals surface area contributed by atoms with E-state index in [1.54, 1.807) is 0 Å². The van der Waals surface area contributed by atoms with E-state index in [0.717, 1.165) is 48.4 Å². The average molecular weight is 325 g/mol. The Labute approximate surface area is 142 Å². The second-order valence-corrected chi connectivity index (χ2v) is 6.45. The molecule has 1 fully saturated rings. The first-order chi connectivity index (χ1) is 11.5. The second-order valence-electron chi connectivity index (χ2n) is 6.45. The van der Waals surface area contributed by atoms with E-state index in [-0.39, 0.29) is 0 Å². The Kier molecular flexibility index (Phi) is 4.42. The maximum Gasteiger partial charge on any atom is 0.340 e. The summed E-state index contributed by atoms with van der Waals surface area (Å²) in [5.41, 5.74) is 3.88. The topological polar surface area (TPSA) is 56.7 Å². The van der Waals surface area contributed by atoms with Crippen LogP contribution in [0.1, 0.15) is 28.9 Å². The standard InChI is InChI=1S/C19H23N3O2/c1-13-12-16(14-6-8-15(9-7-14)21(2)3)17(19(23)24)18(20-13)22-10-4-5-11-22/h6-9,12H,4-5,10-11H2,1-3H3,(H,23,24). The van der Waals surface area contributed by atoms with Gasteiger partial charge in [0.15, 0.2) is 0 Å². The number of aromatic carboxylic acids is 1. The van der Waals surface area contributed by atoms with Crippen LogP contribution in [0.25, 0.3) is 11.1 Å². The molecular formula is C19H23N3O2. The Morgan fingerprint density at radius 1 is 1.17 bits per heavy atom. The van der Waals surface area contributed by atoms with Crippen molar-refractivity contribution >= 4 is 17.5 Å². The van der Waals surface area contributed by atoms with Crippen LogP contribution in [0.15, 0.2) is 30.3 Å². The van der Waals surface area contributed by atoms with Gasteiger partial charge in [0.25, 0.3) is 0 Å². The van der Waals surface area contributed by atoms with Gasteiger partial charge in [0, 0.05) is 44.1 Å². The molecule has 1 aliphatic heterocycles. The molecule has 1 N–H and O–H groups in total. The van der Waals surface area contributed by atoms with E-state index in [2.05, 4.69) is 9.88 Å². The molecule has 0 amide bonds. The van der Waals surface area contributed by atoms with Gasteiger partial charge < -0.3 is 14.9 Å². The lowest BCUT2D eigenvalue weighted by atomic mass is 9.99. The molecule has 2 aromatic rings. The SMILES string of the molecule is Cc1cc(-c2ccc(N(C)C)cc2)c(C(=O)O)c(N2CCCC2)n1. The number of carboxylic acids is 1.